The zero-order valence-corrected chi connectivity index (χ0v) is 29.0. The Morgan fingerprint density at radius 3 is 2.59 bits per heavy atom. The van der Waals surface area contributed by atoms with Crippen molar-refractivity contribution in [3.05, 3.63) is 47.5 Å². The van der Waals surface area contributed by atoms with Crippen LogP contribution in [0.2, 0.25) is 0 Å². The molecule has 0 bridgehead atoms. The molecule has 1 N–H and O–H groups in total. The molecular formula is C32H45N2O7PS2. The third-order valence-corrected chi connectivity index (χ3v) is 12.6. The highest BCUT2D eigenvalue weighted by atomic mass is 32.2. The number of nitrogens with zero attached hydrogens (tertiary/aromatic N) is 2. The average molecular weight is 665 g/mol. The van der Waals surface area contributed by atoms with Gasteiger partial charge in [-0.25, -0.2) is 0 Å². The predicted octanol–water partition coefficient (Wildman–Crippen LogP) is 6.69. The molecule has 1 aromatic carbocycles. The van der Waals surface area contributed by atoms with Crippen molar-refractivity contribution in [3.8, 4) is 5.75 Å². The van der Waals surface area contributed by atoms with Gasteiger partial charge in [-0.1, -0.05) is 0 Å². The minimum absolute atomic E-state index is 0.111. The maximum atomic E-state index is 13.7. The van der Waals surface area contributed by atoms with Crippen LogP contribution < -0.4 is 10.0 Å². The van der Waals surface area contributed by atoms with E-state index < -0.39 is 13.7 Å². The topological polar surface area (TPSA) is 107 Å². The zero-order valence-electron chi connectivity index (χ0n) is 26.4. The van der Waals surface area contributed by atoms with Crippen molar-refractivity contribution < 1.29 is 33.0 Å². The van der Waals surface area contributed by atoms with Crippen molar-refractivity contribution in [2.75, 3.05) is 39.6 Å². The Morgan fingerprint density at radius 2 is 1.91 bits per heavy atom. The summed E-state index contributed by atoms with van der Waals surface area (Å²) in [5, 5.41) is 14.6. The largest absolute Gasteiger partial charge is 0.497 e. The summed E-state index contributed by atoms with van der Waals surface area (Å²) < 4.78 is 36.9. The molecule has 1 fully saturated rings. The summed E-state index contributed by atoms with van der Waals surface area (Å²) in [5.41, 5.74) is 1.62. The number of aromatic nitrogens is 1. The summed E-state index contributed by atoms with van der Waals surface area (Å²) in [6.45, 7) is 9.66. The molecule has 0 saturated carbocycles. The molecule has 12 heteroatoms. The lowest BCUT2D eigenvalue weighted by Crippen LogP contribution is -2.45. The van der Waals surface area contributed by atoms with Gasteiger partial charge in [-0.15, -0.1) is 23.1 Å². The van der Waals surface area contributed by atoms with Gasteiger partial charge < -0.3 is 28.5 Å². The van der Waals surface area contributed by atoms with Gasteiger partial charge >= 0.3 is 13.6 Å². The molecule has 1 unspecified atom stereocenters. The summed E-state index contributed by atoms with van der Waals surface area (Å²) in [5.74, 6) is 1.12. The van der Waals surface area contributed by atoms with Gasteiger partial charge in [0.1, 0.15) is 5.75 Å². The third kappa shape index (κ3) is 8.84. The van der Waals surface area contributed by atoms with Gasteiger partial charge in [0.15, 0.2) is 0 Å². The lowest BCUT2D eigenvalue weighted by atomic mass is 9.81. The molecule has 0 radical (unpaired) electrons. The van der Waals surface area contributed by atoms with E-state index in [0.29, 0.717) is 30.4 Å². The number of fused-ring (bicyclic) bond motifs is 1. The molecule has 3 aromatic rings. The van der Waals surface area contributed by atoms with Gasteiger partial charge in [0.05, 0.1) is 53.5 Å². The Bertz CT molecular complexity index is 1420. The second-order valence-corrected chi connectivity index (χ2v) is 15.8. The Balaban J connectivity index is 1.36. The van der Waals surface area contributed by atoms with E-state index in [4.69, 9.17) is 18.5 Å². The van der Waals surface area contributed by atoms with Crippen molar-refractivity contribution in [2.24, 2.45) is 11.8 Å². The maximum absolute atomic E-state index is 13.7. The van der Waals surface area contributed by atoms with Crippen LogP contribution in [0.25, 0.3) is 10.9 Å². The van der Waals surface area contributed by atoms with Crippen LogP contribution in [0.5, 0.6) is 5.75 Å². The van der Waals surface area contributed by atoms with Crippen LogP contribution in [-0.2, 0) is 23.1 Å². The van der Waals surface area contributed by atoms with Crippen LogP contribution in [0.15, 0.2) is 46.1 Å². The van der Waals surface area contributed by atoms with Gasteiger partial charge in [-0.2, -0.15) is 0 Å². The number of carbonyl (C=O) groups excluding carboxylic acids is 1. The van der Waals surface area contributed by atoms with E-state index in [9.17, 15) is 14.5 Å². The molecule has 1 saturated heterocycles. The molecule has 0 amide bonds. The van der Waals surface area contributed by atoms with Gasteiger partial charge in [0.2, 0.25) is 0 Å². The normalized spacial score (nSPS) is 18.7. The quantitative estimate of drug-likeness (QED) is 0.107. The van der Waals surface area contributed by atoms with Gasteiger partial charge in [0.25, 0.3) is 0 Å². The maximum Gasteiger partial charge on any atom is 0.363 e. The van der Waals surface area contributed by atoms with Crippen LogP contribution in [0.1, 0.15) is 58.6 Å². The highest BCUT2D eigenvalue weighted by molar-refractivity contribution is 8.01. The number of thiophene rings is 1. The molecule has 1 aliphatic rings. The van der Waals surface area contributed by atoms with E-state index in [2.05, 4.69) is 9.88 Å². The summed E-state index contributed by atoms with van der Waals surface area (Å²) in [4.78, 5) is 19.6. The Hall–Kier alpha value is -1.98. The molecule has 0 aliphatic carbocycles. The van der Waals surface area contributed by atoms with Gasteiger partial charge in [0, 0.05) is 30.4 Å². The molecule has 2 aromatic heterocycles. The van der Waals surface area contributed by atoms with Gasteiger partial charge in [-0.05, 0) is 101 Å². The monoisotopic (exact) mass is 664 g/mol. The molecule has 44 heavy (non-hydrogen) atoms. The Labute approximate surface area is 269 Å². The molecular weight excluding hydrogens is 619 g/mol. The highest BCUT2D eigenvalue weighted by Gasteiger charge is 2.36. The number of hydrogen-bond donors (Lipinski definition) is 1. The van der Waals surface area contributed by atoms with E-state index in [1.54, 1.807) is 36.4 Å². The second kappa shape index (κ2) is 16.0. The Kier molecular flexibility index (Phi) is 12.7. The van der Waals surface area contributed by atoms with Crippen LogP contribution in [0.3, 0.4) is 0 Å². The highest BCUT2D eigenvalue weighted by Crippen LogP contribution is 2.52. The number of carbonyl (C=O) groups is 1. The first-order valence-electron chi connectivity index (χ1n) is 15.1. The summed E-state index contributed by atoms with van der Waals surface area (Å²) in [6, 6.07) is 9.35. The van der Waals surface area contributed by atoms with Crippen molar-refractivity contribution in [2.45, 2.75) is 69.5 Å². The number of ether oxygens (including phenoxy) is 2. The molecule has 1 aliphatic heterocycles. The fourth-order valence-electron chi connectivity index (χ4n) is 5.69. The molecule has 3 atom stereocenters. The first kappa shape index (κ1) is 34.9. The minimum Gasteiger partial charge on any atom is -0.497 e. The smallest absolute Gasteiger partial charge is 0.363 e. The minimum atomic E-state index is -3.45. The van der Waals surface area contributed by atoms with E-state index in [1.165, 1.54) is 7.11 Å². The van der Waals surface area contributed by atoms with Crippen molar-refractivity contribution in [3.63, 3.8) is 0 Å². The number of hydrogen-bond acceptors (Lipinski definition) is 11. The van der Waals surface area contributed by atoms with E-state index >= 15 is 0 Å². The van der Waals surface area contributed by atoms with E-state index in [-0.39, 0.29) is 30.0 Å². The number of thioether (sulfide) groups is 1. The van der Waals surface area contributed by atoms with Gasteiger partial charge in [-0.3, -0.25) is 14.3 Å². The molecule has 3 heterocycles. The number of likely N-dealkylation sites (tertiary alicyclic amines) is 1. The van der Waals surface area contributed by atoms with Crippen molar-refractivity contribution >= 4 is 52.9 Å². The number of benzene rings is 1. The van der Waals surface area contributed by atoms with Crippen molar-refractivity contribution in [1.29, 1.82) is 0 Å². The number of piperidine rings is 1. The second-order valence-electron chi connectivity index (χ2n) is 11.6. The van der Waals surface area contributed by atoms with E-state index in [1.807, 2.05) is 63.4 Å². The zero-order chi connectivity index (χ0) is 31.9. The first-order chi connectivity index (χ1) is 21.0. The number of esters is 1. The molecule has 4 rings (SSSR count). The molecule has 9 nitrogen and oxygen atoms in total. The third-order valence-electron chi connectivity index (χ3n) is 7.74. The number of aliphatic hydroxyl groups excluding tert-OH is 1. The van der Waals surface area contributed by atoms with Crippen LogP contribution >= 0.6 is 30.7 Å². The fourth-order valence-corrected chi connectivity index (χ4v) is 10.6. The summed E-state index contributed by atoms with van der Waals surface area (Å²) in [6.07, 6.45) is 2.64. The lowest BCUT2D eigenvalue weighted by Gasteiger charge is -2.37. The van der Waals surface area contributed by atoms with Crippen LogP contribution in [-0.4, -0.2) is 72.8 Å². The average Bonchev–Trinajstić information content (AvgIpc) is 3.48. The number of pyridine rings is 1. The summed E-state index contributed by atoms with van der Waals surface area (Å²) in [7, 11) is -0.394. The number of rotatable bonds is 15. The first-order valence-corrected chi connectivity index (χ1v) is 18.5. The standard InChI is InChI=1S/C32H45N2O7PS2/c1-21(2)40-42(37,41-22(3)4)30-13-17-43-32(30)44-18-16-34-15-12-23(27(20-34)31(36)39-6)7-10-29(35)25-11-14-33-28-9-8-24(38-5)19-26(25)28/h8-9,11,13-14,17,19,21-23,27,29,35H,7,10,12,15-16,18,20H2,1-6H3/t23-,27+,29?/m1/s1. The fraction of sp³-hybridized carbons (Fsp3) is 0.562. The van der Waals surface area contributed by atoms with Crippen LogP contribution in [0, 0.1) is 11.8 Å². The predicted molar refractivity (Wildman–Crippen MR) is 177 cm³/mol. The Morgan fingerprint density at radius 1 is 1.16 bits per heavy atom. The van der Waals surface area contributed by atoms with Crippen LogP contribution in [0.4, 0.5) is 0 Å². The molecule has 242 valence electrons. The summed E-state index contributed by atoms with van der Waals surface area (Å²) >= 11 is 3.18. The van der Waals surface area contributed by atoms with E-state index in [0.717, 1.165) is 45.9 Å². The molecule has 0 spiro atoms. The lowest BCUT2D eigenvalue weighted by molar-refractivity contribution is -0.150. The number of methoxy groups -OCH3 is 2. The SMILES string of the molecule is COC(=O)[C@H]1CN(CCSc2sccc2P(=O)(OC(C)C)OC(C)C)CC[C@H]1CCC(O)c1ccnc2ccc(OC)cc12. The van der Waals surface area contributed by atoms with Crippen molar-refractivity contribution in [1.82, 2.24) is 9.88 Å². The number of aliphatic hydroxyl groups is 1.